The maximum Gasteiger partial charge on any atom is 0.346 e. The molecule has 194 valence electrons. The largest absolute Gasteiger partial charge is 0.386 e. The molecule has 39 heavy (non-hydrogen) atoms. The molecule has 0 fully saturated rings. The molecular formula is C33H27NO5. The molecular weight excluding hydrogens is 490 g/mol. The summed E-state index contributed by atoms with van der Waals surface area (Å²) in [6, 6.07) is 0. The van der Waals surface area contributed by atoms with Gasteiger partial charge in [-0.15, -0.1) is 0 Å². The molecule has 6 nitrogen and oxygen atoms in total. The molecule has 2 heterocycles. The van der Waals surface area contributed by atoms with Crippen LogP contribution in [0.15, 0.2) is 0 Å². The van der Waals surface area contributed by atoms with Crippen molar-refractivity contribution >= 4 is 66.8 Å². The number of nitrogens with zero attached hydrogens (tertiary/aromatic N) is 1. The SMILES string of the molecule is Cc1c2c3c(c(C)c(C)c4c5c(C)c(C)c6c7c(c(C)c(C)c(c(c1C)c34)c75)C(=O)N(C)C6=O)C(=O)OC2=O. The van der Waals surface area contributed by atoms with Crippen molar-refractivity contribution in [2.45, 2.75) is 55.4 Å². The number of ether oxygens (including phenoxy) is 1. The molecule has 0 radical (unpaired) electrons. The lowest BCUT2D eigenvalue weighted by molar-refractivity contribution is 0.0389. The highest BCUT2D eigenvalue weighted by Gasteiger charge is 2.39. The van der Waals surface area contributed by atoms with Crippen LogP contribution in [0.5, 0.6) is 0 Å². The van der Waals surface area contributed by atoms with Gasteiger partial charge in [0.25, 0.3) is 11.8 Å². The standard InChI is InChI=1S/C33H27NO5/c1-10-14(5)22-28-23(31(36)34(9)30(22)35)15(6)11(2)19-21-13(4)17(8)25-29-24(32(37)39-33(25)38)16(7)12(3)20(27(21)29)18(10)26(19)28/h1-9H3. The minimum absolute atomic E-state index is 0.293. The van der Waals surface area contributed by atoms with E-state index in [2.05, 4.69) is 0 Å². The van der Waals surface area contributed by atoms with Gasteiger partial charge >= 0.3 is 11.9 Å². The minimum atomic E-state index is -0.620. The summed E-state index contributed by atoms with van der Waals surface area (Å²) >= 11 is 0. The number of rotatable bonds is 0. The Morgan fingerprint density at radius 1 is 0.385 bits per heavy atom. The van der Waals surface area contributed by atoms with Crippen molar-refractivity contribution in [3.05, 3.63) is 66.8 Å². The van der Waals surface area contributed by atoms with E-state index in [0.717, 1.165) is 76.8 Å². The zero-order valence-corrected chi connectivity index (χ0v) is 23.5. The number of benzene rings is 5. The van der Waals surface area contributed by atoms with Gasteiger partial charge in [-0.05, 0) is 132 Å². The van der Waals surface area contributed by atoms with Crippen LogP contribution in [-0.4, -0.2) is 35.7 Å². The fourth-order valence-corrected chi connectivity index (χ4v) is 7.41. The first-order valence-electron chi connectivity index (χ1n) is 13.1. The molecule has 0 aliphatic carbocycles. The van der Waals surface area contributed by atoms with Crippen molar-refractivity contribution in [2.24, 2.45) is 0 Å². The first kappa shape index (κ1) is 23.8. The molecule has 0 saturated carbocycles. The summed E-state index contributed by atoms with van der Waals surface area (Å²) < 4.78 is 5.25. The van der Waals surface area contributed by atoms with Crippen LogP contribution >= 0.6 is 0 Å². The lowest BCUT2D eigenvalue weighted by Crippen LogP contribution is -2.38. The Kier molecular flexibility index (Phi) is 4.27. The van der Waals surface area contributed by atoms with Crippen LogP contribution in [0.4, 0.5) is 0 Å². The van der Waals surface area contributed by atoms with Gasteiger partial charge in [0.1, 0.15) is 0 Å². The first-order chi connectivity index (χ1) is 18.3. The van der Waals surface area contributed by atoms with E-state index in [1.165, 1.54) is 4.90 Å². The number of fused-ring (bicyclic) bond motifs is 2. The van der Waals surface area contributed by atoms with Crippen molar-refractivity contribution in [3.63, 3.8) is 0 Å². The molecule has 2 amide bonds. The predicted octanol–water partition coefficient (Wildman–Crippen LogP) is 6.74. The van der Waals surface area contributed by atoms with Gasteiger partial charge in [-0.3, -0.25) is 14.5 Å². The quantitative estimate of drug-likeness (QED) is 0.0747. The molecule has 5 aromatic rings. The second-order valence-corrected chi connectivity index (χ2v) is 11.3. The molecule has 0 aromatic heterocycles. The van der Waals surface area contributed by atoms with Gasteiger partial charge in [-0.25, -0.2) is 9.59 Å². The molecule has 2 aliphatic rings. The topological polar surface area (TPSA) is 80.8 Å². The molecule has 2 aliphatic heterocycles. The highest BCUT2D eigenvalue weighted by Crippen LogP contribution is 2.53. The van der Waals surface area contributed by atoms with Gasteiger partial charge in [-0.1, -0.05) is 0 Å². The molecule has 0 N–H and O–H groups in total. The number of hydrogen-bond donors (Lipinski definition) is 0. The Balaban J connectivity index is 1.99. The van der Waals surface area contributed by atoms with E-state index >= 15 is 0 Å². The number of esters is 2. The third-order valence-corrected chi connectivity index (χ3v) is 9.88. The fourth-order valence-electron chi connectivity index (χ4n) is 7.41. The Hall–Kier alpha value is -4.32. The Labute approximate surface area is 224 Å². The average molecular weight is 518 g/mol. The van der Waals surface area contributed by atoms with Gasteiger partial charge in [0.2, 0.25) is 0 Å². The lowest BCUT2D eigenvalue weighted by atomic mass is 9.74. The van der Waals surface area contributed by atoms with E-state index in [1.54, 1.807) is 7.05 Å². The summed E-state index contributed by atoms with van der Waals surface area (Å²) in [6.07, 6.45) is 0. The Morgan fingerprint density at radius 3 is 1.00 bits per heavy atom. The summed E-state index contributed by atoms with van der Waals surface area (Å²) in [7, 11) is 1.55. The zero-order valence-electron chi connectivity index (χ0n) is 23.5. The number of cyclic esters (lactones) is 2. The second kappa shape index (κ2) is 7.00. The monoisotopic (exact) mass is 517 g/mol. The molecule has 0 atom stereocenters. The van der Waals surface area contributed by atoms with Gasteiger partial charge in [0, 0.05) is 17.8 Å². The summed E-state index contributed by atoms with van der Waals surface area (Å²) in [5.74, 6) is -1.83. The third-order valence-electron chi connectivity index (χ3n) is 9.88. The first-order valence-corrected chi connectivity index (χ1v) is 13.1. The smallest absolute Gasteiger partial charge is 0.346 e. The number of imide groups is 1. The minimum Gasteiger partial charge on any atom is -0.386 e. The summed E-state index contributed by atoms with van der Waals surface area (Å²) in [6.45, 7) is 15.7. The fraction of sp³-hybridized carbons (Fsp3) is 0.273. The molecule has 7 rings (SSSR count). The van der Waals surface area contributed by atoms with Crippen LogP contribution in [0.25, 0.3) is 43.1 Å². The molecule has 0 unspecified atom stereocenters. The van der Waals surface area contributed by atoms with E-state index in [-0.39, 0.29) is 11.8 Å². The van der Waals surface area contributed by atoms with Gasteiger partial charge in [-0.2, -0.15) is 0 Å². The van der Waals surface area contributed by atoms with Crippen LogP contribution in [0.3, 0.4) is 0 Å². The second-order valence-electron chi connectivity index (χ2n) is 11.3. The highest BCUT2D eigenvalue weighted by molar-refractivity contribution is 6.43. The average Bonchev–Trinajstić information content (AvgIpc) is 2.88. The molecule has 6 heteroatoms. The third kappa shape index (κ3) is 2.36. The molecule has 0 saturated heterocycles. The van der Waals surface area contributed by atoms with E-state index in [4.69, 9.17) is 4.74 Å². The van der Waals surface area contributed by atoms with Crippen LogP contribution < -0.4 is 0 Å². The normalized spacial score (nSPS) is 15.2. The van der Waals surface area contributed by atoms with E-state index < -0.39 is 11.9 Å². The van der Waals surface area contributed by atoms with Crippen molar-refractivity contribution in [1.82, 2.24) is 4.90 Å². The van der Waals surface area contributed by atoms with Crippen LogP contribution in [0.1, 0.15) is 85.9 Å². The molecule has 5 aromatic carbocycles. The number of amides is 2. The maximum absolute atomic E-state index is 13.6. The lowest BCUT2D eigenvalue weighted by Gasteiger charge is -2.32. The summed E-state index contributed by atoms with van der Waals surface area (Å²) in [5.41, 5.74) is 8.99. The number of aryl methyl sites for hydroxylation is 4. The van der Waals surface area contributed by atoms with E-state index in [0.29, 0.717) is 33.0 Å². The zero-order chi connectivity index (χ0) is 28.1. The number of carbonyl (C=O) groups excluding carboxylic acids is 4. The number of carbonyl (C=O) groups is 4. The summed E-state index contributed by atoms with van der Waals surface area (Å²) in [5, 5.41) is 7.00. The van der Waals surface area contributed by atoms with Gasteiger partial charge < -0.3 is 4.74 Å². The van der Waals surface area contributed by atoms with Crippen LogP contribution in [-0.2, 0) is 4.74 Å². The number of hydrogen-bond acceptors (Lipinski definition) is 5. The maximum atomic E-state index is 13.6. The predicted molar refractivity (Wildman–Crippen MR) is 152 cm³/mol. The Bertz CT molecular complexity index is 2000. The van der Waals surface area contributed by atoms with Crippen LogP contribution in [0.2, 0.25) is 0 Å². The van der Waals surface area contributed by atoms with Crippen molar-refractivity contribution in [3.8, 4) is 0 Å². The van der Waals surface area contributed by atoms with E-state index in [1.807, 2.05) is 55.4 Å². The van der Waals surface area contributed by atoms with Gasteiger partial charge in [0.05, 0.1) is 22.3 Å². The molecule has 0 spiro atoms. The van der Waals surface area contributed by atoms with Gasteiger partial charge in [0.15, 0.2) is 0 Å². The summed E-state index contributed by atoms with van der Waals surface area (Å²) in [4.78, 5) is 54.8. The highest BCUT2D eigenvalue weighted by atomic mass is 16.6. The Morgan fingerprint density at radius 2 is 0.667 bits per heavy atom. The van der Waals surface area contributed by atoms with Crippen molar-refractivity contribution in [2.75, 3.05) is 7.05 Å². The van der Waals surface area contributed by atoms with Crippen LogP contribution in [0, 0.1) is 55.4 Å². The van der Waals surface area contributed by atoms with E-state index in [9.17, 15) is 19.2 Å². The van der Waals surface area contributed by atoms with Crippen molar-refractivity contribution in [1.29, 1.82) is 0 Å². The molecule has 0 bridgehead atoms. The van der Waals surface area contributed by atoms with Crippen molar-refractivity contribution < 1.29 is 23.9 Å².